The van der Waals surface area contributed by atoms with Crippen LogP contribution in [0.5, 0.6) is 0 Å². The van der Waals surface area contributed by atoms with Gasteiger partial charge in [-0.3, -0.25) is 9.59 Å². The first-order valence-electron chi connectivity index (χ1n) is 46.2. The molecule has 3 amide bonds. The van der Waals surface area contributed by atoms with Crippen LogP contribution >= 0.6 is 43.5 Å². The molecule has 3 aliphatic heterocycles. The Hall–Kier alpha value is -12.8. The SMILES string of the molecule is CC(C)(C)OC(=O)N(C(=O)OC(C)(C)C)c1cc(Cl)ncn1.CC1(C)OB(B2OC(C)(C)C(C)(C)O2)OC1(C)C.CCOC(=O)c1ccc2c(-c3cc(CC(=O)OC(C)(C)C)ncn3)cccc2c1.CCOC(=O)c1ccc2c(B3OC(C)(C)C(C)(C)O3)cccc2c1.CCOC(=O)c1ccc2c(Br)cccc2c1.N.NC(=O)c1ccc2c(-c3cc(N)ncn3)cccc2c1.O.O=C(O)c1ccc2c(Br)cccc2c1. The van der Waals surface area contributed by atoms with Gasteiger partial charge in [0.25, 0.3) is 0 Å². The normalized spacial score (nSPS) is 14.7. The Morgan fingerprint density at radius 1 is 0.407 bits per heavy atom. The fraction of sp³-hybridized carbons (Fsp3) is 0.346. The zero-order valence-electron chi connectivity index (χ0n) is 86.1. The number of nitrogens with two attached hydrogens (primary N) is 2. The summed E-state index contributed by atoms with van der Waals surface area (Å²) in [5, 5.41) is 18.7. The van der Waals surface area contributed by atoms with E-state index < -0.39 is 62.0 Å². The highest BCUT2D eigenvalue weighted by molar-refractivity contribution is 9.11. The van der Waals surface area contributed by atoms with Crippen LogP contribution in [0.1, 0.15) is 224 Å². The molecule has 0 saturated carbocycles. The number of nitrogen functional groups attached to an aromatic ring is 1. The Labute approximate surface area is 867 Å². The van der Waals surface area contributed by atoms with Gasteiger partial charge in [-0.05, 0) is 304 Å². The van der Waals surface area contributed by atoms with Crippen LogP contribution in [0.15, 0.2) is 228 Å². The molecule has 0 radical (unpaired) electrons. The number of rotatable bonds is 15. The number of aromatic nitrogens is 6. The van der Waals surface area contributed by atoms with Gasteiger partial charge in [0.05, 0.1) is 99.2 Å². The number of halogens is 3. The summed E-state index contributed by atoms with van der Waals surface area (Å²) in [6.45, 7) is 46.4. The molecular formula is C107H126B3Br2ClN10O22. The molecule has 32 nitrogen and oxygen atoms in total. The molecular weight excluding hydrogens is 2000 g/mol. The zero-order valence-corrected chi connectivity index (χ0v) is 90.0. The van der Waals surface area contributed by atoms with Crippen molar-refractivity contribution < 1.29 is 105 Å². The smallest absolute Gasteiger partial charge is 0.478 e. The molecule has 3 aromatic heterocycles. The number of imide groups is 1. The van der Waals surface area contributed by atoms with Crippen LogP contribution in [-0.2, 0) is 67.6 Å². The van der Waals surface area contributed by atoms with Gasteiger partial charge in [-0.2, -0.15) is 4.90 Å². The zero-order chi connectivity index (χ0) is 105. The minimum Gasteiger partial charge on any atom is -0.478 e. The van der Waals surface area contributed by atoms with E-state index in [0.29, 0.717) is 69.7 Å². The van der Waals surface area contributed by atoms with E-state index in [4.69, 9.17) is 84.5 Å². The molecule has 0 bridgehead atoms. The maximum absolute atomic E-state index is 12.3. The van der Waals surface area contributed by atoms with Crippen LogP contribution in [0.4, 0.5) is 21.2 Å². The quantitative estimate of drug-likeness (QED) is 0.0320. The van der Waals surface area contributed by atoms with Crippen LogP contribution in [0, 0.1) is 0 Å². The number of primary amides is 1. The van der Waals surface area contributed by atoms with Crippen molar-refractivity contribution in [3.05, 3.63) is 267 Å². The number of esters is 4. The van der Waals surface area contributed by atoms with Gasteiger partial charge in [0, 0.05) is 37.8 Å². The summed E-state index contributed by atoms with van der Waals surface area (Å²) in [5.74, 6) is -2.20. The number of carbonyl (C=O) groups is 8. The van der Waals surface area contributed by atoms with E-state index in [-0.39, 0.29) is 86.5 Å². The van der Waals surface area contributed by atoms with E-state index in [2.05, 4.69) is 61.8 Å². The lowest BCUT2D eigenvalue weighted by Crippen LogP contribution is -2.44. The monoisotopic (exact) mass is 2130 g/mol. The van der Waals surface area contributed by atoms with Gasteiger partial charge >= 0.3 is 63.2 Å². The molecule has 3 saturated heterocycles. The molecule has 145 heavy (non-hydrogen) atoms. The number of carboxylic acids is 1. The van der Waals surface area contributed by atoms with Crippen molar-refractivity contribution in [1.82, 2.24) is 36.1 Å². The third-order valence-electron chi connectivity index (χ3n) is 23.4. The van der Waals surface area contributed by atoms with Crippen LogP contribution < -0.4 is 28.0 Å². The topological polar surface area (TPSA) is 467 Å². The lowest BCUT2D eigenvalue weighted by atomic mass is 9.49. The first kappa shape index (κ1) is 117. The van der Waals surface area contributed by atoms with E-state index in [9.17, 15) is 38.4 Å². The number of anilines is 2. The Morgan fingerprint density at radius 3 is 1.14 bits per heavy atom. The van der Waals surface area contributed by atoms with Crippen LogP contribution in [0.25, 0.3) is 76.4 Å². The van der Waals surface area contributed by atoms with Crippen LogP contribution in [0.2, 0.25) is 5.15 Å². The Bertz CT molecular complexity index is 6750. The molecule has 0 spiro atoms. The van der Waals surface area contributed by atoms with Gasteiger partial charge in [0.15, 0.2) is 5.82 Å². The minimum atomic E-state index is -0.906. The predicted molar refractivity (Wildman–Crippen MR) is 573 cm³/mol. The second kappa shape index (κ2) is 48.9. The molecule has 3 aliphatic rings. The number of carbonyl (C=O) groups excluding carboxylic acids is 7. The van der Waals surface area contributed by atoms with Gasteiger partial charge in [-0.15, -0.1) is 0 Å². The highest BCUT2D eigenvalue weighted by atomic mass is 79.9. The number of hydrogen-bond donors (Lipinski definition) is 4. The van der Waals surface area contributed by atoms with Crippen molar-refractivity contribution in [1.29, 1.82) is 0 Å². The molecule has 0 aliphatic carbocycles. The molecule has 16 rings (SSSR count). The summed E-state index contributed by atoms with van der Waals surface area (Å²) < 4.78 is 69.1. The lowest BCUT2D eigenvalue weighted by molar-refractivity contribution is -0.154. The average molecular weight is 2130 g/mol. The maximum atomic E-state index is 12.3. The van der Waals surface area contributed by atoms with Gasteiger partial charge in [0.1, 0.15) is 46.8 Å². The van der Waals surface area contributed by atoms with E-state index in [1.165, 1.54) is 18.7 Å². The van der Waals surface area contributed by atoms with Gasteiger partial charge < -0.3 is 84.5 Å². The number of benzene rings is 10. The summed E-state index contributed by atoms with van der Waals surface area (Å²) >= 11 is 12.7. The second-order valence-electron chi connectivity index (χ2n) is 39.3. The summed E-state index contributed by atoms with van der Waals surface area (Å²) in [6, 6.07) is 60.9. The van der Waals surface area contributed by atoms with Crippen LogP contribution in [-0.4, -0.2) is 180 Å². The number of aromatic carboxylic acids is 1. The minimum absolute atomic E-state index is 0. The van der Waals surface area contributed by atoms with Gasteiger partial charge in [-0.1, -0.05) is 153 Å². The highest BCUT2D eigenvalue weighted by Gasteiger charge is 2.64. The van der Waals surface area contributed by atoms with Crippen molar-refractivity contribution in [2.45, 2.75) is 223 Å². The Kier molecular flexibility index (Phi) is 39.7. The number of ether oxygens (including phenoxy) is 6. The van der Waals surface area contributed by atoms with E-state index >= 15 is 0 Å². The van der Waals surface area contributed by atoms with Crippen molar-refractivity contribution in [2.24, 2.45) is 5.73 Å². The summed E-state index contributed by atoms with van der Waals surface area (Å²) in [4.78, 5) is 119. The first-order valence-corrected chi connectivity index (χ1v) is 48.2. The van der Waals surface area contributed by atoms with Gasteiger partial charge in [0.2, 0.25) is 5.91 Å². The third-order valence-corrected chi connectivity index (χ3v) is 25.0. The van der Waals surface area contributed by atoms with E-state index in [0.717, 1.165) is 91.4 Å². The third kappa shape index (κ3) is 31.2. The summed E-state index contributed by atoms with van der Waals surface area (Å²) in [6.07, 6.45) is 2.28. The average Bonchev–Trinajstić information content (AvgIpc) is 1.59. The first-order chi connectivity index (χ1) is 66.8. The van der Waals surface area contributed by atoms with Gasteiger partial charge in [-0.25, -0.2) is 58.7 Å². The highest BCUT2D eigenvalue weighted by Crippen LogP contribution is 2.44. The molecule has 766 valence electrons. The summed E-state index contributed by atoms with van der Waals surface area (Å²) in [7, 11) is -1.38. The number of nitrogens with zero attached hydrogens (tertiary/aromatic N) is 7. The molecule has 6 heterocycles. The van der Waals surface area contributed by atoms with Crippen molar-refractivity contribution in [3.63, 3.8) is 0 Å². The molecule has 3 fully saturated rings. The molecule has 10 aromatic carbocycles. The lowest BCUT2D eigenvalue weighted by Gasteiger charge is -2.32. The number of fused-ring (bicyclic) bond motifs is 5. The van der Waals surface area contributed by atoms with Crippen molar-refractivity contribution in [2.75, 3.05) is 30.5 Å². The maximum Gasteiger partial charge on any atom is 0.495 e. The predicted octanol–water partition coefficient (Wildman–Crippen LogP) is 22.1. The number of amides is 3. The number of hydrogen-bond acceptors (Lipinski definition) is 28. The largest absolute Gasteiger partial charge is 0.495 e. The number of carboxylic acid groups (broad SMARTS) is 1. The van der Waals surface area contributed by atoms with Crippen molar-refractivity contribution in [3.8, 4) is 22.5 Å². The Morgan fingerprint density at radius 2 is 0.745 bits per heavy atom. The van der Waals surface area contributed by atoms with Crippen molar-refractivity contribution >= 4 is 183 Å². The van der Waals surface area contributed by atoms with Crippen LogP contribution in [0.3, 0.4) is 0 Å². The summed E-state index contributed by atoms with van der Waals surface area (Å²) in [5.41, 5.74) is 14.0. The molecule has 10 N–H and O–H groups in total. The molecule has 0 atom stereocenters. The fourth-order valence-electron chi connectivity index (χ4n) is 14.3. The Balaban J connectivity index is 0.000000208. The van der Waals surface area contributed by atoms with E-state index in [1.54, 1.807) is 123 Å². The molecule has 13 aromatic rings. The fourth-order valence-corrected chi connectivity index (χ4v) is 15.5. The van der Waals surface area contributed by atoms with E-state index in [1.807, 2.05) is 237 Å². The second-order valence-corrected chi connectivity index (χ2v) is 41.4. The molecule has 38 heteroatoms. The standard InChI is InChI=1S/C23H24N2O4.C19H23BO4.C15H12N4O.C14H20ClN3O4.C13H11BrO2.C12H24B2O4.C11H7BrO2.H3N.H2O/c1-5-28-22(27)16-9-10-18-15(11-16)7-6-8-19(18)20-12-17(24-14-25-20)13-21(26)29-23(2,3)4;1-6-22-17(21)14-10-11-15-13(12-14)8-7-9-16(15)20-23-18(2,3)19(4,5)24-20;16-14-7-13(18-8-19-14)12-3-1-2-9-6-10(15(17)20)4-5-11(9)12;1-13(2,3)21-11(19)18(12(20)22-14(4,5)6)10-7-9(15)16-8-17-10;1-2-16-13(15)10-6-7-11-9(8-10)4-3-5-12(11)14;1-9(2)10(3,4)16-13(15-9)14-17-11(5,6)12(7,8)18-14;12-10-3-1-2-7-6-8(11(13)14)4-5-9(7)10;;/h6-12,14H,5,13H2,1-4H3;7-12H,6H2,1-5H3;1-8H,(H2,17,20)(H2,16,18,19);7-8H,1-6H3;3-8H,2H2,1H3;1-8H3;1-6H,(H,13,14);1H3;1H2. The molecule has 0 unspecified atom stereocenters.